The van der Waals surface area contributed by atoms with E-state index in [4.69, 9.17) is 5.11 Å². The molecule has 0 fully saturated rings. The van der Waals surface area contributed by atoms with Gasteiger partial charge in [-0.05, 0) is 5.56 Å². The minimum atomic E-state index is 0. The Morgan fingerprint density at radius 3 is 2.36 bits per heavy atom. The molecule has 0 heterocycles. The molecule has 11 heavy (non-hydrogen) atoms. The predicted molar refractivity (Wildman–Crippen MR) is 42.6 cm³/mol. The van der Waals surface area contributed by atoms with Crippen molar-refractivity contribution in [2.45, 2.75) is 0 Å². The average molecular weight is 361 g/mol. The molecule has 0 saturated heterocycles. The number of benzene rings is 1. The summed E-state index contributed by atoms with van der Waals surface area (Å²) in [5.41, 5.74) is 1.12. The van der Waals surface area contributed by atoms with Crippen molar-refractivity contribution in [1.29, 1.82) is 0 Å². The van der Waals surface area contributed by atoms with E-state index in [9.17, 15) is 0 Å². The van der Waals surface area contributed by atoms with Crippen molar-refractivity contribution in [3.8, 4) is 0 Å². The van der Waals surface area contributed by atoms with Gasteiger partial charge >= 0.3 is 0 Å². The Kier molecular flexibility index (Phi) is 7.27. The van der Waals surface area contributed by atoms with Gasteiger partial charge in [0, 0.05) is 44.1 Å². The molecule has 0 atom stereocenters. The molecule has 1 aromatic rings. The zero-order valence-electron chi connectivity index (χ0n) is 6.27. The van der Waals surface area contributed by atoms with Gasteiger partial charge in [-0.3, -0.25) is 0 Å². The van der Waals surface area contributed by atoms with Crippen molar-refractivity contribution in [3.05, 3.63) is 42.0 Å². The van der Waals surface area contributed by atoms with Gasteiger partial charge in [0.1, 0.15) is 0 Å². The monoisotopic (exact) mass is 361 g/mol. The number of aliphatic hydroxyl groups is 1. The maximum Gasteiger partial charge on any atom is 0.0615 e. The molecule has 1 radical (unpaired) electrons. The summed E-state index contributed by atoms with van der Waals surface area (Å²) in [7, 11) is 0. The Bertz CT molecular complexity index is 206. The number of aliphatic hydroxyl groups excluding tert-OH is 1. The van der Waals surface area contributed by atoms with Gasteiger partial charge < -0.3 is 5.11 Å². The topological polar surface area (TPSA) is 20.2 Å². The van der Waals surface area contributed by atoms with Gasteiger partial charge in [-0.2, -0.15) is 0 Å². The van der Waals surface area contributed by atoms with E-state index in [0.29, 0.717) is 0 Å². The summed E-state index contributed by atoms with van der Waals surface area (Å²) >= 11 is 0. The Labute approximate surface area is 103 Å². The van der Waals surface area contributed by atoms with E-state index in [0.717, 1.165) is 5.56 Å². The van der Waals surface area contributed by atoms with Gasteiger partial charge in [0.25, 0.3) is 0 Å². The van der Waals surface area contributed by atoms with E-state index < -0.39 is 0 Å². The van der Waals surface area contributed by atoms with Gasteiger partial charge in [-0.1, -0.05) is 42.5 Å². The van der Waals surface area contributed by atoms with Crippen LogP contribution in [0, 0.1) is 44.1 Å². The van der Waals surface area contributed by atoms with Crippen molar-refractivity contribution in [3.63, 3.8) is 0 Å². The standard InChI is InChI=1S/C9H10O.Ac/c10-8-4-7-9-5-2-1-3-6-9;/h1-7,10H,8H2;/b7-4+;. The van der Waals surface area contributed by atoms with Crippen LogP contribution in [0.3, 0.4) is 0 Å². The van der Waals surface area contributed by atoms with Crippen molar-refractivity contribution < 1.29 is 49.2 Å². The van der Waals surface area contributed by atoms with Crippen LogP contribution in [-0.2, 0) is 0 Å². The molecule has 1 rings (SSSR count). The smallest absolute Gasteiger partial charge is 0.0615 e. The van der Waals surface area contributed by atoms with Crippen LogP contribution in [0.25, 0.3) is 6.08 Å². The van der Waals surface area contributed by atoms with Gasteiger partial charge in [-0.15, -0.1) is 0 Å². The van der Waals surface area contributed by atoms with E-state index >= 15 is 0 Å². The summed E-state index contributed by atoms with van der Waals surface area (Å²) in [6.45, 7) is 0.106. The fourth-order valence-electron chi connectivity index (χ4n) is 0.753. The fourth-order valence-corrected chi connectivity index (χ4v) is 0.753. The Balaban J connectivity index is 0.000001000. The van der Waals surface area contributed by atoms with Crippen molar-refractivity contribution in [2.75, 3.05) is 6.61 Å². The summed E-state index contributed by atoms with van der Waals surface area (Å²) in [4.78, 5) is 0. The van der Waals surface area contributed by atoms with E-state index in [1.807, 2.05) is 36.4 Å². The summed E-state index contributed by atoms with van der Waals surface area (Å²) < 4.78 is 0. The molecule has 1 N–H and O–H groups in total. The minimum absolute atomic E-state index is 0. The van der Waals surface area contributed by atoms with E-state index in [1.54, 1.807) is 6.08 Å². The molecular formula is C9H10AcO. The third kappa shape index (κ3) is 4.74. The molecule has 1 nitrogen and oxygen atoms in total. The second kappa shape index (κ2) is 7.03. The second-order valence-corrected chi connectivity index (χ2v) is 2.00. The molecule has 0 aliphatic rings. The maximum atomic E-state index is 8.44. The number of hydrogen-bond donors (Lipinski definition) is 1. The van der Waals surface area contributed by atoms with Gasteiger partial charge in [0.2, 0.25) is 0 Å². The Morgan fingerprint density at radius 1 is 1.18 bits per heavy atom. The van der Waals surface area contributed by atoms with Crippen LogP contribution in [0.1, 0.15) is 5.56 Å². The zero-order valence-corrected chi connectivity index (χ0v) is 11.0. The molecule has 0 unspecified atom stereocenters. The molecule has 0 spiro atoms. The quantitative estimate of drug-likeness (QED) is 0.850. The van der Waals surface area contributed by atoms with Crippen molar-refractivity contribution in [2.24, 2.45) is 0 Å². The van der Waals surface area contributed by atoms with Crippen molar-refractivity contribution in [1.82, 2.24) is 0 Å². The van der Waals surface area contributed by atoms with Crippen LogP contribution in [0.2, 0.25) is 0 Å². The molecular weight excluding hydrogens is 351 g/mol. The summed E-state index contributed by atoms with van der Waals surface area (Å²) in [6.07, 6.45) is 3.61. The molecule has 0 amide bonds. The van der Waals surface area contributed by atoms with Crippen LogP contribution >= 0.6 is 0 Å². The number of rotatable bonds is 2. The van der Waals surface area contributed by atoms with E-state index in [-0.39, 0.29) is 50.7 Å². The first-order chi connectivity index (χ1) is 4.93. The Hall–Kier alpha value is 0.362. The largest absolute Gasteiger partial charge is 0.392 e. The average Bonchev–Trinajstić information content (AvgIpc) is 2.03. The van der Waals surface area contributed by atoms with Crippen LogP contribution in [0.15, 0.2) is 36.4 Å². The predicted octanol–water partition coefficient (Wildman–Crippen LogP) is 1.69. The van der Waals surface area contributed by atoms with Gasteiger partial charge in [-0.25, -0.2) is 0 Å². The van der Waals surface area contributed by atoms with Crippen LogP contribution < -0.4 is 0 Å². The maximum absolute atomic E-state index is 8.44. The molecule has 0 aliphatic carbocycles. The molecule has 0 bridgehead atoms. The van der Waals surface area contributed by atoms with Crippen LogP contribution in [0.4, 0.5) is 0 Å². The fraction of sp³-hybridized carbons (Fsp3) is 0.111. The summed E-state index contributed by atoms with van der Waals surface area (Å²) in [5, 5.41) is 8.44. The van der Waals surface area contributed by atoms with E-state index in [2.05, 4.69) is 0 Å². The SMILES string of the molecule is OC/C=C/c1ccccc1.[Ac]. The first-order valence-corrected chi connectivity index (χ1v) is 3.26. The third-order valence-corrected chi connectivity index (χ3v) is 1.22. The molecule has 0 aromatic heterocycles. The molecule has 55 valence electrons. The second-order valence-electron chi connectivity index (χ2n) is 2.00. The molecule has 0 saturated carbocycles. The van der Waals surface area contributed by atoms with Crippen molar-refractivity contribution >= 4 is 6.08 Å². The van der Waals surface area contributed by atoms with E-state index in [1.165, 1.54) is 0 Å². The molecule has 1 aromatic carbocycles. The summed E-state index contributed by atoms with van der Waals surface area (Å²) in [6, 6.07) is 9.89. The minimum Gasteiger partial charge on any atom is -0.392 e. The zero-order chi connectivity index (χ0) is 7.23. The van der Waals surface area contributed by atoms with Crippen LogP contribution in [-0.4, -0.2) is 11.7 Å². The molecule has 0 aliphatic heterocycles. The third-order valence-electron chi connectivity index (χ3n) is 1.22. The normalized spacial score (nSPS) is 9.55. The Morgan fingerprint density at radius 2 is 1.82 bits per heavy atom. The van der Waals surface area contributed by atoms with Gasteiger partial charge in [0.15, 0.2) is 0 Å². The first kappa shape index (κ1) is 11.4. The summed E-state index contributed by atoms with van der Waals surface area (Å²) in [5.74, 6) is 0. The first-order valence-electron chi connectivity index (χ1n) is 3.26. The molecule has 2 heteroatoms. The number of hydrogen-bond acceptors (Lipinski definition) is 1. The van der Waals surface area contributed by atoms with Crippen LogP contribution in [0.5, 0.6) is 0 Å². The van der Waals surface area contributed by atoms with Gasteiger partial charge in [0.05, 0.1) is 6.61 Å².